The molecule has 2 amide bonds. The van der Waals surface area contributed by atoms with E-state index in [0.29, 0.717) is 18.7 Å². The van der Waals surface area contributed by atoms with Crippen molar-refractivity contribution < 1.29 is 14.3 Å². The largest absolute Gasteiger partial charge is 0.493 e. The van der Waals surface area contributed by atoms with E-state index in [1.165, 1.54) is 0 Å². The first-order valence-corrected chi connectivity index (χ1v) is 9.52. The van der Waals surface area contributed by atoms with Crippen LogP contribution in [-0.2, 0) is 4.79 Å². The maximum absolute atomic E-state index is 12.2. The molecule has 0 unspecified atom stereocenters. The maximum Gasteiger partial charge on any atom is 0.252 e. The fourth-order valence-electron chi connectivity index (χ4n) is 2.36. The van der Waals surface area contributed by atoms with Crippen LogP contribution in [0, 0.1) is 10.5 Å². The van der Waals surface area contributed by atoms with Gasteiger partial charge >= 0.3 is 0 Å². The van der Waals surface area contributed by atoms with Crippen LogP contribution in [-0.4, -0.2) is 43.5 Å². The van der Waals surface area contributed by atoms with E-state index < -0.39 is 0 Å². The van der Waals surface area contributed by atoms with E-state index >= 15 is 0 Å². The number of carbonyl (C=O) groups excluding carboxylic acids is 2. The highest BCUT2D eigenvalue weighted by Gasteiger charge is 2.13. The molecule has 2 rings (SSSR count). The third-order valence-electron chi connectivity index (χ3n) is 3.93. The second-order valence-electron chi connectivity index (χ2n) is 5.95. The number of rotatable bonds is 8. The van der Waals surface area contributed by atoms with Crippen molar-refractivity contribution in [3.63, 3.8) is 0 Å². The van der Waals surface area contributed by atoms with Crippen LogP contribution in [0.4, 0.5) is 0 Å². The molecule has 0 fully saturated rings. The Morgan fingerprint density at radius 1 is 1.12 bits per heavy atom. The van der Waals surface area contributed by atoms with Gasteiger partial charge in [0, 0.05) is 17.2 Å². The maximum atomic E-state index is 12.2. The second kappa shape index (κ2) is 10.2. The van der Waals surface area contributed by atoms with E-state index in [0.717, 1.165) is 21.3 Å². The first-order valence-electron chi connectivity index (χ1n) is 8.44. The number of carbonyl (C=O) groups is 2. The van der Waals surface area contributed by atoms with Gasteiger partial charge in [-0.3, -0.25) is 9.59 Å². The van der Waals surface area contributed by atoms with Gasteiger partial charge in [0.05, 0.1) is 18.7 Å². The van der Waals surface area contributed by atoms with Crippen molar-refractivity contribution in [2.45, 2.75) is 13.3 Å². The SMILES string of the molecule is Cc1ccccc1OCCCN(C)C(=O)CNC(=O)c1ccccc1I. The van der Waals surface area contributed by atoms with Gasteiger partial charge in [-0.2, -0.15) is 0 Å². The summed E-state index contributed by atoms with van der Waals surface area (Å²) in [7, 11) is 1.73. The summed E-state index contributed by atoms with van der Waals surface area (Å²) in [6.07, 6.45) is 0.723. The van der Waals surface area contributed by atoms with Crippen LogP contribution in [0.1, 0.15) is 22.3 Å². The van der Waals surface area contributed by atoms with Crippen molar-refractivity contribution in [3.8, 4) is 5.75 Å². The number of likely N-dealkylation sites (N-methyl/N-ethyl adjacent to an activating group) is 1. The predicted octanol–water partition coefficient (Wildman–Crippen LogP) is 3.26. The average Bonchev–Trinajstić information content (AvgIpc) is 2.64. The number of amides is 2. The fraction of sp³-hybridized carbons (Fsp3) is 0.300. The molecule has 2 aromatic carbocycles. The standard InChI is InChI=1S/C20H23IN2O3/c1-15-8-3-6-11-18(15)26-13-7-12-23(2)19(24)14-22-20(25)16-9-4-5-10-17(16)21/h3-6,8-11H,7,12-14H2,1-2H3,(H,22,25). The van der Waals surface area contributed by atoms with Gasteiger partial charge in [-0.15, -0.1) is 0 Å². The molecule has 0 heterocycles. The van der Waals surface area contributed by atoms with Gasteiger partial charge in [0.25, 0.3) is 5.91 Å². The summed E-state index contributed by atoms with van der Waals surface area (Å²) in [5.41, 5.74) is 1.67. The minimum atomic E-state index is -0.236. The van der Waals surface area contributed by atoms with E-state index in [4.69, 9.17) is 4.74 Å². The van der Waals surface area contributed by atoms with Crippen molar-refractivity contribution in [1.82, 2.24) is 10.2 Å². The molecular weight excluding hydrogens is 443 g/mol. The van der Waals surface area contributed by atoms with Crippen LogP contribution in [0.3, 0.4) is 0 Å². The van der Waals surface area contributed by atoms with Crippen molar-refractivity contribution in [1.29, 1.82) is 0 Å². The number of nitrogens with one attached hydrogen (secondary N) is 1. The zero-order chi connectivity index (χ0) is 18.9. The second-order valence-corrected chi connectivity index (χ2v) is 7.11. The Bertz CT molecular complexity index is 764. The summed E-state index contributed by atoms with van der Waals surface area (Å²) >= 11 is 2.11. The van der Waals surface area contributed by atoms with Gasteiger partial charge in [0.15, 0.2) is 0 Å². The van der Waals surface area contributed by atoms with Gasteiger partial charge in [0.2, 0.25) is 5.91 Å². The van der Waals surface area contributed by atoms with Gasteiger partial charge in [-0.25, -0.2) is 0 Å². The van der Waals surface area contributed by atoms with Crippen LogP contribution in [0.25, 0.3) is 0 Å². The lowest BCUT2D eigenvalue weighted by Gasteiger charge is -2.18. The molecule has 26 heavy (non-hydrogen) atoms. The van der Waals surface area contributed by atoms with Gasteiger partial charge in [0.1, 0.15) is 5.75 Å². The number of hydrogen-bond acceptors (Lipinski definition) is 3. The van der Waals surface area contributed by atoms with Gasteiger partial charge in [-0.1, -0.05) is 30.3 Å². The van der Waals surface area contributed by atoms with Crippen LogP contribution in [0.15, 0.2) is 48.5 Å². The number of ether oxygens (including phenoxy) is 1. The van der Waals surface area contributed by atoms with Gasteiger partial charge in [-0.05, 0) is 59.7 Å². The molecule has 0 radical (unpaired) electrons. The molecule has 138 valence electrons. The van der Waals surface area contributed by atoms with Crippen molar-refractivity contribution >= 4 is 34.4 Å². The Morgan fingerprint density at radius 2 is 1.81 bits per heavy atom. The zero-order valence-electron chi connectivity index (χ0n) is 15.0. The smallest absolute Gasteiger partial charge is 0.252 e. The summed E-state index contributed by atoms with van der Waals surface area (Å²) < 4.78 is 6.59. The van der Waals surface area contributed by atoms with Crippen molar-refractivity contribution in [2.24, 2.45) is 0 Å². The number of hydrogen-bond donors (Lipinski definition) is 1. The number of para-hydroxylation sites is 1. The summed E-state index contributed by atoms with van der Waals surface area (Å²) in [6.45, 7) is 3.10. The summed E-state index contributed by atoms with van der Waals surface area (Å²) in [6, 6.07) is 15.1. The number of benzene rings is 2. The summed E-state index contributed by atoms with van der Waals surface area (Å²) in [5.74, 6) is 0.506. The van der Waals surface area contributed by atoms with E-state index in [1.54, 1.807) is 24.1 Å². The number of aryl methyl sites for hydroxylation is 1. The third kappa shape index (κ3) is 6.01. The highest BCUT2D eigenvalue weighted by Crippen LogP contribution is 2.16. The Kier molecular flexibility index (Phi) is 7.90. The molecule has 0 bridgehead atoms. The first-order chi connectivity index (χ1) is 12.5. The number of nitrogens with zero attached hydrogens (tertiary/aromatic N) is 1. The molecule has 5 nitrogen and oxygen atoms in total. The Hall–Kier alpha value is -2.09. The number of halogens is 1. The molecule has 0 atom stereocenters. The zero-order valence-corrected chi connectivity index (χ0v) is 17.2. The van der Waals surface area contributed by atoms with Crippen LogP contribution >= 0.6 is 22.6 Å². The van der Waals surface area contributed by atoms with E-state index in [-0.39, 0.29) is 18.4 Å². The van der Waals surface area contributed by atoms with Crippen molar-refractivity contribution in [2.75, 3.05) is 26.7 Å². The lowest BCUT2D eigenvalue weighted by molar-refractivity contribution is -0.128. The Balaban J connectivity index is 1.70. The van der Waals surface area contributed by atoms with E-state index in [2.05, 4.69) is 27.9 Å². The highest BCUT2D eigenvalue weighted by atomic mass is 127. The van der Waals surface area contributed by atoms with Gasteiger partial charge < -0.3 is 15.0 Å². The minimum absolute atomic E-state index is 0.0149. The topological polar surface area (TPSA) is 58.6 Å². The first kappa shape index (κ1) is 20.2. The van der Waals surface area contributed by atoms with Crippen LogP contribution in [0.2, 0.25) is 0 Å². The lowest BCUT2D eigenvalue weighted by Crippen LogP contribution is -2.39. The highest BCUT2D eigenvalue weighted by molar-refractivity contribution is 14.1. The molecule has 6 heteroatoms. The summed E-state index contributed by atoms with van der Waals surface area (Å²) in [5, 5.41) is 2.68. The summed E-state index contributed by atoms with van der Waals surface area (Å²) in [4.78, 5) is 25.9. The van der Waals surface area contributed by atoms with Crippen molar-refractivity contribution in [3.05, 3.63) is 63.2 Å². The molecule has 1 N–H and O–H groups in total. The third-order valence-corrected chi connectivity index (χ3v) is 4.87. The van der Waals surface area contributed by atoms with E-state index in [1.807, 2.05) is 43.3 Å². The molecule has 2 aromatic rings. The Morgan fingerprint density at radius 3 is 2.54 bits per heavy atom. The molecule has 0 aliphatic carbocycles. The normalized spacial score (nSPS) is 10.3. The van der Waals surface area contributed by atoms with Crippen LogP contribution < -0.4 is 10.1 Å². The van der Waals surface area contributed by atoms with Crippen LogP contribution in [0.5, 0.6) is 5.75 Å². The molecular formula is C20H23IN2O3. The fourth-order valence-corrected chi connectivity index (χ4v) is 2.99. The van der Waals surface area contributed by atoms with E-state index in [9.17, 15) is 9.59 Å². The minimum Gasteiger partial charge on any atom is -0.493 e. The Labute approximate surface area is 167 Å². The predicted molar refractivity (Wildman–Crippen MR) is 110 cm³/mol. The quantitative estimate of drug-likeness (QED) is 0.480. The monoisotopic (exact) mass is 466 g/mol. The lowest BCUT2D eigenvalue weighted by atomic mass is 10.2. The average molecular weight is 466 g/mol. The molecule has 0 saturated heterocycles. The molecule has 0 aromatic heterocycles. The molecule has 0 spiro atoms. The molecule has 0 aliphatic heterocycles. The molecule has 0 aliphatic rings. The molecule has 0 saturated carbocycles.